The van der Waals surface area contributed by atoms with Crippen molar-refractivity contribution in [3.05, 3.63) is 29.8 Å². The highest BCUT2D eigenvalue weighted by atomic mass is 32.2. The second-order valence-corrected chi connectivity index (χ2v) is 11.8. The first-order valence-electron chi connectivity index (χ1n) is 11.4. The number of thioether (sulfide) groups is 1. The van der Waals surface area contributed by atoms with Gasteiger partial charge in [0.2, 0.25) is 5.91 Å². The number of carbonyl (C=O) groups excluding carboxylic acids is 3. The molecule has 2 aliphatic rings. The van der Waals surface area contributed by atoms with E-state index in [2.05, 4.69) is 0 Å². The van der Waals surface area contributed by atoms with Crippen LogP contribution in [0.3, 0.4) is 0 Å². The summed E-state index contributed by atoms with van der Waals surface area (Å²) in [5.74, 6) is -0.731. The number of nitrogens with zero attached hydrogens (tertiary/aromatic N) is 2. The summed E-state index contributed by atoms with van der Waals surface area (Å²) in [4.78, 5) is 42.1. The first-order valence-corrected chi connectivity index (χ1v) is 14.2. The van der Waals surface area contributed by atoms with Gasteiger partial charge in [-0.2, -0.15) is 0 Å². The van der Waals surface area contributed by atoms with E-state index in [-0.39, 0.29) is 29.2 Å². The summed E-state index contributed by atoms with van der Waals surface area (Å²) in [5, 5.41) is 0. The van der Waals surface area contributed by atoms with Crippen LogP contribution >= 0.6 is 11.8 Å². The van der Waals surface area contributed by atoms with Crippen LogP contribution in [0.25, 0.3) is 0 Å². The summed E-state index contributed by atoms with van der Waals surface area (Å²) in [7, 11) is -3.15. The number of hydrogen-bond acceptors (Lipinski definition) is 7. The Morgan fingerprint density at radius 1 is 1.21 bits per heavy atom. The third-order valence-corrected chi connectivity index (χ3v) is 9.01. The van der Waals surface area contributed by atoms with Gasteiger partial charge in [0, 0.05) is 30.1 Å². The largest absolute Gasteiger partial charge is 0.452 e. The minimum absolute atomic E-state index is 0.0477. The topological polar surface area (TPSA) is 101 Å². The maximum atomic E-state index is 12.9. The van der Waals surface area contributed by atoms with Crippen molar-refractivity contribution >= 4 is 39.4 Å². The Morgan fingerprint density at radius 3 is 2.55 bits per heavy atom. The molecule has 8 nitrogen and oxygen atoms in total. The molecule has 2 aliphatic heterocycles. The standard InChI is InChI=1S/C23H32N2O6S2/c1-3-17(2)25(18-10-13-33(29,30)16-18)21(26)14-31-23(28)19-8-4-5-9-20(19)32-15-22(27)24-11-6-7-12-24/h4-5,8-9,17-18H,3,6-7,10-16H2,1-2H3/t17-,18-/m1/s1. The fourth-order valence-corrected chi connectivity index (χ4v) is 6.89. The normalized spacial score (nSPS) is 20.4. The fraction of sp³-hybridized carbons (Fsp3) is 0.609. The van der Waals surface area contributed by atoms with E-state index in [1.165, 1.54) is 11.8 Å². The van der Waals surface area contributed by atoms with Gasteiger partial charge in [0.1, 0.15) is 0 Å². The highest BCUT2D eigenvalue weighted by Crippen LogP contribution is 2.25. The summed E-state index contributed by atoms with van der Waals surface area (Å²) in [6.07, 6.45) is 3.11. The zero-order chi connectivity index (χ0) is 24.0. The molecule has 0 bridgehead atoms. The Labute approximate surface area is 199 Å². The minimum atomic E-state index is -3.15. The Balaban J connectivity index is 1.61. The maximum absolute atomic E-state index is 12.9. The third-order valence-electron chi connectivity index (χ3n) is 6.20. The molecule has 0 aliphatic carbocycles. The van der Waals surface area contributed by atoms with E-state index < -0.39 is 34.4 Å². The van der Waals surface area contributed by atoms with Gasteiger partial charge in [-0.15, -0.1) is 11.8 Å². The van der Waals surface area contributed by atoms with Gasteiger partial charge in [-0.3, -0.25) is 9.59 Å². The quantitative estimate of drug-likeness (QED) is 0.382. The minimum Gasteiger partial charge on any atom is -0.452 e. The molecule has 0 saturated carbocycles. The van der Waals surface area contributed by atoms with E-state index in [4.69, 9.17) is 4.74 Å². The average molecular weight is 497 g/mol. The van der Waals surface area contributed by atoms with Gasteiger partial charge in [-0.1, -0.05) is 19.1 Å². The van der Waals surface area contributed by atoms with Crippen LogP contribution in [0.2, 0.25) is 0 Å². The number of carbonyl (C=O) groups is 3. The lowest BCUT2D eigenvalue weighted by Crippen LogP contribution is -2.48. The summed E-state index contributed by atoms with van der Waals surface area (Å²) in [5.41, 5.74) is 0.308. The monoisotopic (exact) mass is 496 g/mol. The number of benzene rings is 1. The molecule has 1 aromatic carbocycles. The average Bonchev–Trinajstić information content (AvgIpc) is 3.46. The van der Waals surface area contributed by atoms with Gasteiger partial charge in [0.25, 0.3) is 5.91 Å². The summed E-state index contributed by atoms with van der Waals surface area (Å²) in [6.45, 7) is 4.90. The van der Waals surface area contributed by atoms with E-state index in [1.807, 2.05) is 18.7 Å². The van der Waals surface area contributed by atoms with Crippen molar-refractivity contribution < 1.29 is 27.5 Å². The lowest BCUT2D eigenvalue weighted by Gasteiger charge is -2.33. The maximum Gasteiger partial charge on any atom is 0.339 e. The molecule has 0 radical (unpaired) electrons. The van der Waals surface area contributed by atoms with E-state index in [0.717, 1.165) is 25.9 Å². The van der Waals surface area contributed by atoms with Crippen LogP contribution in [0, 0.1) is 0 Å². The molecule has 182 valence electrons. The van der Waals surface area contributed by atoms with Crippen molar-refractivity contribution in [1.29, 1.82) is 0 Å². The highest BCUT2D eigenvalue weighted by Gasteiger charge is 2.36. The van der Waals surface area contributed by atoms with Crippen LogP contribution < -0.4 is 0 Å². The molecule has 2 atom stereocenters. The second kappa shape index (κ2) is 11.4. The molecule has 2 heterocycles. The SMILES string of the molecule is CC[C@@H](C)N(C(=O)COC(=O)c1ccccc1SCC(=O)N1CCCC1)[C@@H]1CCS(=O)(=O)C1. The molecule has 0 aromatic heterocycles. The van der Waals surface area contributed by atoms with Crippen molar-refractivity contribution in [1.82, 2.24) is 9.80 Å². The van der Waals surface area contributed by atoms with Crippen LogP contribution in [-0.2, 0) is 24.2 Å². The van der Waals surface area contributed by atoms with E-state index in [1.54, 1.807) is 29.2 Å². The van der Waals surface area contributed by atoms with E-state index in [9.17, 15) is 22.8 Å². The Bertz CT molecular complexity index is 975. The van der Waals surface area contributed by atoms with Crippen molar-refractivity contribution in [3.8, 4) is 0 Å². The predicted molar refractivity (Wildman–Crippen MR) is 127 cm³/mol. The molecule has 2 amide bonds. The molecular formula is C23H32N2O6S2. The molecule has 0 unspecified atom stereocenters. The highest BCUT2D eigenvalue weighted by molar-refractivity contribution is 8.00. The first kappa shape index (κ1) is 25.6. The Kier molecular flexibility index (Phi) is 8.81. The van der Waals surface area contributed by atoms with Gasteiger partial charge >= 0.3 is 5.97 Å². The summed E-state index contributed by atoms with van der Waals surface area (Å²) in [6, 6.07) is 6.32. The Hall–Kier alpha value is -2.07. The van der Waals surface area contributed by atoms with Crippen molar-refractivity contribution in [2.24, 2.45) is 0 Å². The number of rotatable bonds is 9. The molecule has 10 heteroatoms. The summed E-state index contributed by atoms with van der Waals surface area (Å²) < 4.78 is 29.2. The number of hydrogen-bond donors (Lipinski definition) is 0. The van der Waals surface area contributed by atoms with Crippen molar-refractivity contribution in [2.75, 3.05) is 37.0 Å². The van der Waals surface area contributed by atoms with Crippen molar-refractivity contribution in [2.45, 2.75) is 56.5 Å². The van der Waals surface area contributed by atoms with Crippen molar-refractivity contribution in [3.63, 3.8) is 0 Å². The van der Waals surface area contributed by atoms with Gasteiger partial charge < -0.3 is 14.5 Å². The van der Waals surface area contributed by atoms with Crippen LogP contribution in [0.5, 0.6) is 0 Å². The molecule has 3 rings (SSSR count). The van der Waals surface area contributed by atoms with Gasteiger partial charge in [-0.05, 0) is 44.7 Å². The third kappa shape index (κ3) is 6.72. The zero-order valence-corrected chi connectivity index (χ0v) is 20.8. The van der Waals surface area contributed by atoms with Crippen LogP contribution in [0.4, 0.5) is 0 Å². The lowest BCUT2D eigenvalue weighted by molar-refractivity contribution is -0.138. The molecule has 2 fully saturated rings. The molecule has 2 saturated heterocycles. The number of sulfone groups is 1. The number of likely N-dealkylation sites (tertiary alicyclic amines) is 1. The summed E-state index contributed by atoms with van der Waals surface area (Å²) >= 11 is 1.29. The second-order valence-electron chi connectivity index (χ2n) is 8.56. The number of esters is 1. The van der Waals surface area contributed by atoms with Crippen LogP contribution in [0.15, 0.2) is 29.2 Å². The number of ether oxygens (including phenoxy) is 1. The Morgan fingerprint density at radius 2 is 1.91 bits per heavy atom. The lowest BCUT2D eigenvalue weighted by atomic mass is 10.1. The van der Waals surface area contributed by atoms with Gasteiger partial charge in [0.15, 0.2) is 16.4 Å². The van der Waals surface area contributed by atoms with Crippen LogP contribution in [0.1, 0.15) is 49.9 Å². The molecular weight excluding hydrogens is 464 g/mol. The van der Waals surface area contributed by atoms with Crippen LogP contribution in [-0.4, -0.2) is 85.0 Å². The number of amides is 2. The molecule has 1 aromatic rings. The van der Waals surface area contributed by atoms with Gasteiger partial charge in [0.05, 0.1) is 22.8 Å². The molecule has 0 N–H and O–H groups in total. The van der Waals surface area contributed by atoms with Gasteiger partial charge in [-0.25, -0.2) is 13.2 Å². The molecule has 33 heavy (non-hydrogen) atoms. The van der Waals surface area contributed by atoms with E-state index >= 15 is 0 Å². The smallest absolute Gasteiger partial charge is 0.339 e. The zero-order valence-electron chi connectivity index (χ0n) is 19.2. The first-order chi connectivity index (χ1) is 15.7. The molecule has 0 spiro atoms. The van der Waals surface area contributed by atoms with E-state index in [0.29, 0.717) is 23.3 Å². The fourth-order valence-electron chi connectivity index (χ4n) is 4.24. The predicted octanol–water partition coefficient (Wildman–Crippen LogP) is 2.37.